The van der Waals surface area contributed by atoms with E-state index in [0.717, 1.165) is 12.8 Å². The molecule has 3 rings (SSSR count). The number of Topliss-reactive ketones (excluding diaryl/α,β-unsaturated/α-hetero) is 1. The Kier molecular flexibility index (Phi) is 3.25. The second-order valence-electron chi connectivity index (χ2n) is 5.25. The molecule has 0 amide bonds. The quantitative estimate of drug-likeness (QED) is 0.488. The number of carbonyl (C=O) groups excluding carboxylic acids is 1. The highest BCUT2D eigenvalue weighted by atomic mass is 16.6. The number of nitro groups is 1. The van der Waals surface area contributed by atoms with Crippen LogP contribution in [-0.2, 0) is 0 Å². The van der Waals surface area contributed by atoms with Crippen LogP contribution in [0.2, 0.25) is 0 Å². The van der Waals surface area contributed by atoms with Gasteiger partial charge in [0.15, 0.2) is 5.78 Å². The maximum Gasteiger partial charge on any atom is 0.296 e. The van der Waals surface area contributed by atoms with Gasteiger partial charge in [0, 0.05) is 28.8 Å². The van der Waals surface area contributed by atoms with Crippen molar-refractivity contribution >= 4 is 11.5 Å². The maximum atomic E-state index is 12.2. The van der Waals surface area contributed by atoms with Gasteiger partial charge >= 0.3 is 0 Å². The molecule has 1 saturated carbocycles. The molecule has 5 nitrogen and oxygen atoms in total. The molecule has 2 aromatic rings. The largest absolute Gasteiger partial charge is 0.296 e. The molecule has 0 unspecified atom stereocenters. The zero-order chi connectivity index (χ0) is 15.0. The third-order valence-electron chi connectivity index (χ3n) is 3.65. The van der Waals surface area contributed by atoms with Gasteiger partial charge in [-0.3, -0.25) is 14.9 Å². The predicted molar refractivity (Wildman–Crippen MR) is 78.1 cm³/mol. The number of rotatable bonds is 4. The fourth-order valence-electron chi connectivity index (χ4n) is 2.36. The van der Waals surface area contributed by atoms with Crippen molar-refractivity contribution in [2.24, 2.45) is 5.92 Å². The second-order valence-corrected chi connectivity index (χ2v) is 5.25. The van der Waals surface area contributed by atoms with Gasteiger partial charge in [-0.1, -0.05) is 30.3 Å². The van der Waals surface area contributed by atoms with Crippen molar-refractivity contribution in [2.45, 2.75) is 19.8 Å². The molecular weight excluding hydrogens is 268 g/mol. The van der Waals surface area contributed by atoms with Gasteiger partial charge in [0.05, 0.1) is 4.92 Å². The van der Waals surface area contributed by atoms with Crippen LogP contribution in [0.1, 0.15) is 28.9 Å². The number of carbonyl (C=O) groups is 1. The van der Waals surface area contributed by atoms with Gasteiger partial charge in [0.25, 0.3) is 5.69 Å². The van der Waals surface area contributed by atoms with Crippen LogP contribution in [0.25, 0.3) is 11.3 Å². The van der Waals surface area contributed by atoms with E-state index in [9.17, 15) is 14.9 Å². The normalized spacial score (nSPS) is 14.0. The fraction of sp³-hybridized carbons (Fsp3) is 0.250. The molecule has 0 radical (unpaired) electrons. The van der Waals surface area contributed by atoms with Gasteiger partial charge in [-0.15, -0.1) is 0 Å². The Balaban J connectivity index is 2.15. The summed E-state index contributed by atoms with van der Waals surface area (Å²) in [7, 11) is 0. The molecule has 0 spiro atoms. The molecule has 106 valence electrons. The number of aromatic nitrogens is 1. The Labute approximate surface area is 121 Å². The Morgan fingerprint density at radius 3 is 2.52 bits per heavy atom. The average Bonchev–Trinajstić information content (AvgIpc) is 3.31. The first-order chi connectivity index (χ1) is 10.1. The molecule has 0 saturated heterocycles. The van der Waals surface area contributed by atoms with Crippen LogP contribution in [0.15, 0.2) is 36.4 Å². The number of nitrogens with zero attached hydrogens (tertiary/aromatic N) is 2. The summed E-state index contributed by atoms with van der Waals surface area (Å²) in [5, 5.41) is 11.3. The Hall–Kier alpha value is -2.56. The van der Waals surface area contributed by atoms with Crippen LogP contribution in [0.5, 0.6) is 0 Å². The summed E-state index contributed by atoms with van der Waals surface area (Å²) in [6.07, 6.45) is 1.74. The van der Waals surface area contributed by atoms with E-state index in [1.807, 2.05) is 6.07 Å². The van der Waals surface area contributed by atoms with Crippen LogP contribution in [-0.4, -0.2) is 15.7 Å². The lowest BCUT2D eigenvalue weighted by Gasteiger charge is -2.08. The molecule has 0 aliphatic heterocycles. The van der Waals surface area contributed by atoms with Crippen LogP contribution in [0.3, 0.4) is 0 Å². The summed E-state index contributed by atoms with van der Waals surface area (Å²) < 4.78 is 0. The van der Waals surface area contributed by atoms with Crippen molar-refractivity contribution in [3.63, 3.8) is 0 Å². The summed E-state index contributed by atoms with van der Waals surface area (Å²) in [4.78, 5) is 27.4. The van der Waals surface area contributed by atoms with Crippen molar-refractivity contribution in [1.82, 2.24) is 4.98 Å². The molecule has 21 heavy (non-hydrogen) atoms. The molecule has 0 N–H and O–H groups in total. The monoisotopic (exact) mass is 282 g/mol. The van der Waals surface area contributed by atoms with Crippen LogP contribution in [0.4, 0.5) is 5.69 Å². The van der Waals surface area contributed by atoms with Crippen LogP contribution in [0, 0.1) is 23.0 Å². The highest BCUT2D eigenvalue weighted by Gasteiger charge is 2.33. The van der Waals surface area contributed by atoms with Crippen molar-refractivity contribution in [2.75, 3.05) is 0 Å². The average molecular weight is 282 g/mol. The molecule has 1 aromatic heterocycles. The maximum absolute atomic E-state index is 12.2. The summed E-state index contributed by atoms with van der Waals surface area (Å²) in [5.41, 5.74) is 1.80. The molecule has 1 aromatic carbocycles. The van der Waals surface area contributed by atoms with Gasteiger partial charge in [-0.2, -0.15) is 0 Å². The minimum atomic E-state index is -0.474. The van der Waals surface area contributed by atoms with E-state index in [1.165, 1.54) is 6.07 Å². The minimum absolute atomic E-state index is 0.0210. The van der Waals surface area contributed by atoms with E-state index < -0.39 is 4.92 Å². The smallest absolute Gasteiger partial charge is 0.294 e. The molecule has 1 aliphatic carbocycles. The van der Waals surface area contributed by atoms with Gasteiger partial charge in [0.1, 0.15) is 5.69 Å². The van der Waals surface area contributed by atoms with Crippen LogP contribution < -0.4 is 0 Å². The summed E-state index contributed by atoms with van der Waals surface area (Å²) in [6.45, 7) is 1.73. The second kappa shape index (κ2) is 5.09. The fourth-order valence-corrected chi connectivity index (χ4v) is 2.36. The Morgan fingerprint density at radius 1 is 1.29 bits per heavy atom. The van der Waals surface area contributed by atoms with Crippen molar-refractivity contribution < 1.29 is 9.72 Å². The first kappa shape index (κ1) is 13.4. The van der Waals surface area contributed by atoms with E-state index >= 15 is 0 Å². The third kappa shape index (κ3) is 2.54. The Morgan fingerprint density at radius 2 is 1.95 bits per heavy atom. The standard InChI is InChI=1S/C16H14N2O3/c1-10-13(16(19)12-7-8-12)9-14(18(20)21)15(17-10)11-5-3-2-4-6-11/h2-6,9,12H,7-8H2,1H3. The summed E-state index contributed by atoms with van der Waals surface area (Å²) >= 11 is 0. The van der Waals surface area contributed by atoms with E-state index in [-0.39, 0.29) is 17.4 Å². The highest BCUT2D eigenvalue weighted by molar-refractivity contribution is 6.01. The first-order valence-corrected chi connectivity index (χ1v) is 6.83. The minimum Gasteiger partial charge on any atom is -0.294 e. The van der Waals surface area contributed by atoms with Crippen molar-refractivity contribution in [1.29, 1.82) is 0 Å². The summed E-state index contributed by atoms with van der Waals surface area (Å²) in [5.74, 6) is -0.00427. The number of aryl methyl sites for hydroxylation is 1. The topological polar surface area (TPSA) is 73.1 Å². The van der Waals surface area contributed by atoms with Gasteiger partial charge < -0.3 is 0 Å². The number of benzene rings is 1. The van der Waals surface area contributed by atoms with Gasteiger partial charge in [-0.05, 0) is 19.8 Å². The molecular formula is C16H14N2O3. The lowest BCUT2D eigenvalue weighted by molar-refractivity contribution is -0.384. The summed E-state index contributed by atoms with van der Waals surface area (Å²) in [6, 6.07) is 10.4. The number of hydrogen-bond acceptors (Lipinski definition) is 4. The van der Waals surface area contributed by atoms with Crippen molar-refractivity contribution in [3.8, 4) is 11.3 Å². The molecule has 1 heterocycles. The molecule has 0 bridgehead atoms. The first-order valence-electron chi connectivity index (χ1n) is 6.83. The molecule has 5 heteroatoms. The number of ketones is 1. The molecule has 1 fully saturated rings. The van der Waals surface area contributed by atoms with Crippen molar-refractivity contribution in [3.05, 3.63) is 57.8 Å². The van der Waals surface area contributed by atoms with E-state index in [1.54, 1.807) is 31.2 Å². The molecule has 1 aliphatic rings. The lowest BCUT2D eigenvalue weighted by Crippen LogP contribution is -2.08. The zero-order valence-corrected chi connectivity index (χ0v) is 11.6. The predicted octanol–water partition coefficient (Wildman–Crippen LogP) is 3.56. The molecule has 0 atom stereocenters. The van der Waals surface area contributed by atoms with E-state index in [0.29, 0.717) is 22.5 Å². The van der Waals surface area contributed by atoms with Gasteiger partial charge in [0.2, 0.25) is 0 Å². The lowest BCUT2D eigenvalue weighted by atomic mass is 10.0. The van der Waals surface area contributed by atoms with Gasteiger partial charge in [-0.25, -0.2) is 4.98 Å². The van der Waals surface area contributed by atoms with E-state index in [4.69, 9.17) is 0 Å². The number of pyridine rings is 1. The Bertz CT molecular complexity index is 722. The van der Waals surface area contributed by atoms with Crippen LogP contribution >= 0.6 is 0 Å². The highest BCUT2D eigenvalue weighted by Crippen LogP contribution is 2.36. The van der Waals surface area contributed by atoms with E-state index in [2.05, 4.69) is 4.98 Å². The number of hydrogen-bond donors (Lipinski definition) is 0. The third-order valence-corrected chi connectivity index (χ3v) is 3.65. The zero-order valence-electron chi connectivity index (χ0n) is 11.6. The SMILES string of the molecule is Cc1nc(-c2ccccc2)c([N+](=O)[O-])cc1C(=O)C1CC1.